The fourth-order valence-corrected chi connectivity index (χ4v) is 4.19. The number of fused-ring (bicyclic) bond motifs is 1. The van der Waals surface area contributed by atoms with Crippen LogP contribution >= 0.6 is 0 Å². The largest absolute Gasteiger partial charge is 0.445 e. The van der Waals surface area contributed by atoms with E-state index in [1.54, 1.807) is 9.80 Å². The molecular weight excluding hydrogens is 418 g/mol. The van der Waals surface area contributed by atoms with Crippen LogP contribution in [0.1, 0.15) is 50.3 Å². The molecule has 2 heterocycles. The molecule has 0 unspecified atom stereocenters. The number of carbonyl (C=O) groups is 2. The van der Waals surface area contributed by atoms with Gasteiger partial charge in [0, 0.05) is 37.9 Å². The van der Waals surface area contributed by atoms with Gasteiger partial charge < -0.3 is 19.7 Å². The molecule has 0 saturated carbocycles. The highest BCUT2D eigenvalue weighted by atomic mass is 16.6. The van der Waals surface area contributed by atoms with Crippen molar-refractivity contribution in [1.82, 2.24) is 9.80 Å². The summed E-state index contributed by atoms with van der Waals surface area (Å²) in [6, 6.07) is 16.3. The maximum Gasteiger partial charge on any atom is 0.410 e. The van der Waals surface area contributed by atoms with Crippen LogP contribution in [0, 0.1) is 0 Å². The molecule has 33 heavy (non-hydrogen) atoms. The minimum Gasteiger partial charge on any atom is -0.445 e. The van der Waals surface area contributed by atoms with E-state index in [-0.39, 0.29) is 12.2 Å². The van der Waals surface area contributed by atoms with Crippen LogP contribution < -0.4 is 5.32 Å². The molecule has 7 heteroatoms. The summed E-state index contributed by atoms with van der Waals surface area (Å²) in [5, 5.41) is 3.60. The lowest BCUT2D eigenvalue weighted by atomic mass is 10.0. The minimum atomic E-state index is -0.499. The van der Waals surface area contributed by atoms with Crippen LogP contribution in [0.5, 0.6) is 0 Å². The number of nitrogens with zero attached hydrogens (tertiary/aromatic N) is 2. The predicted octanol–water partition coefficient (Wildman–Crippen LogP) is 5.15. The number of likely N-dealkylation sites (tertiary alicyclic amines) is 1. The smallest absolute Gasteiger partial charge is 0.410 e. The number of piperidine rings is 1. The summed E-state index contributed by atoms with van der Waals surface area (Å²) in [6.45, 7) is 8.41. The van der Waals surface area contributed by atoms with Crippen molar-refractivity contribution < 1.29 is 19.1 Å². The first kappa shape index (κ1) is 23.0. The van der Waals surface area contributed by atoms with E-state index in [4.69, 9.17) is 9.47 Å². The fraction of sp³-hybridized carbons (Fsp3) is 0.462. The van der Waals surface area contributed by atoms with Gasteiger partial charge >= 0.3 is 12.2 Å². The number of benzene rings is 2. The molecule has 0 aliphatic carbocycles. The van der Waals surface area contributed by atoms with E-state index in [0.717, 1.165) is 35.2 Å². The molecule has 0 aromatic heterocycles. The van der Waals surface area contributed by atoms with Crippen LogP contribution in [0.15, 0.2) is 48.5 Å². The van der Waals surface area contributed by atoms with Gasteiger partial charge in [-0.15, -0.1) is 0 Å². The Kier molecular flexibility index (Phi) is 6.77. The molecule has 2 amide bonds. The van der Waals surface area contributed by atoms with Crippen molar-refractivity contribution in [2.45, 2.75) is 65.0 Å². The molecule has 0 atom stereocenters. The van der Waals surface area contributed by atoms with Crippen molar-refractivity contribution in [3.05, 3.63) is 65.2 Å². The number of carbonyl (C=O) groups excluding carboxylic acids is 2. The highest BCUT2D eigenvalue weighted by Gasteiger charge is 2.28. The Morgan fingerprint density at radius 2 is 1.64 bits per heavy atom. The maximum atomic E-state index is 12.4. The van der Waals surface area contributed by atoms with E-state index < -0.39 is 5.60 Å². The maximum absolute atomic E-state index is 12.4. The molecular formula is C26H33N3O4. The quantitative estimate of drug-likeness (QED) is 0.696. The van der Waals surface area contributed by atoms with Crippen molar-refractivity contribution >= 4 is 17.9 Å². The summed E-state index contributed by atoms with van der Waals surface area (Å²) < 4.78 is 11.0. The van der Waals surface area contributed by atoms with Gasteiger partial charge in [0.2, 0.25) is 0 Å². The van der Waals surface area contributed by atoms with E-state index in [0.29, 0.717) is 38.8 Å². The molecule has 7 nitrogen and oxygen atoms in total. The van der Waals surface area contributed by atoms with Crippen LogP contribution in [0.3, 0.4) is 0 Å². The van der Waals surface area contributed by atoms with E-state index in [1.807, 2.05) is 51.1 Å². The molecule has 1 N–H and O–H groups in total. The number of nitrogens with one attached hydrogen (secondary N) is 1. The average molecular weight is 452 g/mol. The van der Waals surface area contributed by atoms with E-state index >= 15 is 0 Å². The summed E-state index contributed by atoms with van der Waals surface area (Å²) in [4.78, 5) is 28.3. The van der Waals surface area contributed by atoms with Crippen LogP contribution in [-0.2, 0) is 29.2 Å². The average Bonchev–Trinajstić information content (AvgIpc) is 3.21. The number of ether oxygens (including phenoxy) is 2. The Labute approximate surface area is 195 Å². The summed E-state index contributed by atoms with van der Waals surface area (Å²) in [6.07, 6.45) is 1.19. The van der Waals surface area contributed by atoms with Gasteiger partial charge in [-0.25, -0.2) is 9.59 Å². The molecule has 176 valence electrons. The fourth-order valence-electron chi connectivity index (χ4n) is 4.19. The first-order valence-corrected chi connectivity index (χ1v) is 11.6. The van der Waals surface area contributed by atoms with Gasteiger partial charge in [0.25, 0.3) is 0 Å². The standard InChI is InChI=1S/C26H33N3O4/c1-26(2,3)33-25(31)29-16-20-9-10-23(15-21(20)17-29)27-22-11-13-28(14-12-22)24(30)32-18-19-7-5-4-6-8-19/h4-10,15,22,27H,11-14,16-18H2,1-3H3. The van der Waals surface area contributed by atoms with Crippen LogP contribution in [-0.4, -0.2) is 46.7 Å². The predicted molar refractivity (Wildman–Crippen MR) is 127 cm³/mol. The molecule has 4 rings (SSSR count). The topological polar surface area (TPSA) is 71.1 Å². The van der Waals surface area contributed by atoms with E-state index in [2.05, 4.69) is 23.5 Å². The van der Waals surface area contributed by atoms with Gasteiger partial charge in [0.05, 0.1) is 0 Å². The number of amides is 2. The Morgan fingerprint density at radius 1 is 0.939 bits per heavy atom. The highest BCUT2D eigenvalue weighted by molar-refractivity contribution is 5.70. The molecule has 1 saturated heterocycles. The Balaban J connectivity index is 1.24. The van der Waals surface area contributed by atoms with E-state index in [9.17, 15) is 9.59 Å². The third-order valence-electron chi connectivity index (χ3n) is 5.91. The first-order chi connectivity index (χ1) is 15.8. The van der Waals surface area contributed by atoms with Crippen molar-refractivity contribution in [2.24, 2.45) is 0 Å². The van der Waals surface area contributed by atoms with Gasteiger partial charge in [-0.3, -0.25) is 4.90 Å². The molecule has 2 aliphatic heterocycles. The molecule has 0 radical (unpaired) electrons. The molecule has 2 aromatic carbocycles. The Morgan fingerprint density at radius 3 is 2.33 bits per heavy atom. The van der Waals surface area contributed by atoms with Crippen LogP contribution in [0.4, 0.5) is 15.3 Å². The Bertz CT molecular complexity index is 979. The SMILES string of the molecule is CC(C)(C)OC(=O)N1Cc2ccc(NC3CCN(C(=O)OCc4ccccc4)CC3)cc2C1. The van der Waals surface area contributed by atoms with Crippen LogP contribution in [0.25, 0.3) is 0 Å². The van der Waals surface area contributed by atoms with Crippen molar-refractivity contribution in [1.29, 1.82) is 0 Å². The molecule has 0 bridgehead atoms. The highest BCUT2D eigenvalue weighted by Crippen LogP contribution is 2.28. The lowest BCUT2D eigenvalue weighted by Gasteiger charge is -2.32. The van der Waals surface area contributed by atoms with Gasteiger partial charge in [-0.05, 0) is 62.4 Å². The summed E-state index contributed by atoms with van der Waals surface area (Å²) in [5.74, 6) is 0. The monoisotopic (exact) mass is 451 g/mol. The summed E-state index contributed by atoms with van der Waals surface area (Å²) in [7, 11) is 0. The second-order valence-corrected chi connectivity index (χ2v) is 9.77. The normalized spacial score (nSPS) is 16.3. The molecule has 0 spiro atoms. The third-order valence-corrected chi connectivity index (χ3v) is 5.91. The number of hydrogen-bond acceptors (Lipinski definition) is 5. The zero-order chi connectivity index (χ0) is 23.4. The van der Waals surface area contributed by atoms with Crippen molar-refractivity contribution in [2.75, 3.05) is 18.4 Å². The lowest BCUT2D eigenvalue weighted by molar-refractivity contribution is 0.0241. The zero-order valence-corrected chi connectivity index (χ0v) is 19.7. The summed E-state index contributed by atoms with van der Waals surface area (Å²) >= 11 is 0. The van der Waals surface area contributed by atoms with Gasteiger partial charge in [0.15, 0.2) is 0 Å². The Hall–Kier alpha value is -3.22. The van der Waals surface area contributed by atoms with E-state index in [1.165, 1.54) is 0 Å². The minimum absolute atomic E-state index is 0.253. The second-order valence-electron chi connectivity index (χ2n) is 9.77. The zero-order valence-electron chi connectivity index (χ0n) is 19.7. The number of anilines is 1. The molecule has 1 fully saturated rings. The van der Waals surface area contributed by atoms with Gasteiger partial charge in [-0.2, -0.15) is 0 Å². The molecule has 2 aliphatic rings. The number of hydrogen-bond donors (Lipinski definition) is 1. The van der Waals surface area contributed by atoms with Crippen LogP contribution in [0.2, 0.25) is 0 Å². The van der Waals surface area contributed by atoms with Gasteiger partial charge in [0.1, 0.15) is 12.2 Å². The third kappa shape index (κ3) is 6.18. The summed E-state index contributed by atoms with van der Waals surface area (Å²) in [5.41, 5.74) is 3.84. The van der Waals surface area contributed by atoms with Crippen molar-refractivity contribution in [3.8, 4) is 0 Å². The van der Waals surface area contributed by atoms with Gasteiger partial charge in [-0.1, -0.05) is 36.4 Å². The number of rotatable bonds is 4. The lowest BCUT2D eigenvalue weighted by Crippen LogP contribution is -2.42. The van der Waals surface area contributed by atoms with Crippen molar-refractivity contribution in [3.63, 3.8) is 0 Å². The second kappa shape index (κ2) is 9.73. The first-order valence-electron chi connectivity index (χ1n) is 11.6. The molecule has 2 aromatic rings.